The Labute approximate surface area is 849 Å². The van der Waals surface area contributed by atoms with Gasteiger partial charge in [0.05, 0.1) is 0 Å². The number of furan rings is 3. The monoisotopic (exact) mass is 1870 g/mol. The molecule has 0 N–H and O–H groups in total. The molecule has 684 valence electrons. The summed E-state index contributed by atoms with van der Waals surface area (Å²) < 4.78 is 19.6. The van der Waals surface area contributed by atoms with Gasteiger partial charge in [-0.15, -0.1) is 0 Å². The second-order valence-corrected chi connectivity index (χ2v) is 38.4. The molecule has 3 nitrogen and oxygen atoms in total. The van der Waals surface area contributed by atoms with Crippen LogP contribution < -0.4 is 0 Å². The molecular weight excluding hydrogens is 1780 g/mol. The molecule has 0 aliphatic heterocycles. The maximum absolute atomic E-state index is 6.55. The quantitative estimate of drug-likeness (QED) is 0.114. The Hall–Kier alpha value is -19.3. The fraction of sp³-hybridized carbons (Fsp3) is 0. The van der Waals surface area contributed by atoms with E-state index in [9.17, 15) is 0 Å². The van der Waals surface area contributed by atoms with Crippen LogP contribution in [0.2, 0.25) is 0 Å². The van der Waals surface area contributed by atoms with Crippen molar-refractivity contribution in [3.05, 3.63) is 546 Å². The van der Waals surface area contributed by atoms with Gasteiger partial charge in [-0.1, -0.05) is 497 Å². The Bertz CT molecular complexity index is 10500. The van der Waals surface area contributed by atoms with Crippen molar-refractivity contribution >= 4 is 163 Å². The fourth-order valence-electron chi connectivity index (χ4n) is 23.5. The summed E-state index contributed by atoms with van der Waals surface area (Å²) in [5.41, 5.74) is 34.3. The molecule has 0 unspecified atom stereocenters. The van der Waals surface area contributed by atoms with Crippen LogP contribution in [0.3, 0.4) is 0 Å². The van der Waals surface area contributed by atoms with Crippen LogP contribution in [0.5, 0.6) is 0 Å². The maximum Gasteiger partial charge on any atom is 0.143 e. The van der Waals surface area contributed by atoms with Crippen molar-refractivity contribution in [2.45, 2.75) is 0 Å². The molecule has 0 radical (unpaired) electrons. The van der Waals surface area contributed by atoms with Crippen molar-refractivity contribution in [1.29, 1.82) is 0 Å². The molecule has 30 rings (SSSR count). The normalized spacial score (nSPS) is 11.7. The molecule has 0 aliphatic carbocycles. The highest BCUT2D eigenvalue weighted by atomic mass is 16.3. The van der Waals surface area contributed by atoms with Gasteiger partial charge in [-0.05, 0) is 262 Å². The van der Waals surface area contributed by atoms with Gasteiger partial charge in [0, 0.05) is 49.0 Å². The molecule has 0 spiro atoms. The van der Waals surface area contributed by atoms with Crippen LogP contribution in [0, 0.1) is 0 Å². The van der Waals surface area contributed by atoms with Crippen molar-refractivity contribution in [1.82, 2.24) is 0 Å². The summed E-state index contributed by atoms with van der Waals surface area (Å²) in [6, 6.07) is 197. The van der Waals surface area contributed by atoms with Crippen LogP contribution in [0.15, 0.2) is 559 Å². The van der Waals surface area contributed by atoms with Crippen molar-refractivity contribution in [2.75, 3.05) is 0 Å². The summed E-state index contributed by atoms with van der Waals surface area (Å²) in [4.78, 5) is 0. The van der Waals surface area contributed by atoms with Gasteiger partial charge < -0.3 is 13.3 Å². The third kappa shape index (κ3) is 14.8. The molecule has 0 saturated carbocycles. The van der Waals surface area contributed by atoms with E-state index in [1.54, 1.807) is 0 Å². The van der Waals surface area contributed by atoms with Crippen LogP contribution in [0.1, 0.15) is 0 Å². The first-order valence-corrected chi connectivity index (χ1v) is 50.5. The zero-order chi connectivity index (χ0) is 96.9. The Balaban J connectivity index is 0.000000107. The topological polar surface area (TPSA) is 39.4 Å². The molecule has 3 heterocycles. The Morgan fingerprint density at radius 2 is 0.347 bits per heavy atom. The lowest BCUT2D eigenvalue weighted by molar-refractivity contribution is 0.669. The molecule has 0 amide bonds. The van der Waals surface area contributed by atoms with Gasteiger partial charge >= 0.3 is 0 Å². The van der Waals surface area contributed by atoms with Gasteiger partial charge in [0.2, 0.25) is 0 Å². The number of hydrogen-bond acceptors (Lipinski definition) is 3. The molecule has 0 atom stereocenters. The molecule has 147 heavy (non-hydrogen) atoms. The first-order chi connectivity index (χ1) is 72.9. The molecule has 0 fully saturated rings. The van der Waals surface area contributed by atoms with Crippen molar-refractivity contribution in [3.63, 3.8) is 0 Å². The van der Waals surface area contributed by atoms with E-state index >= 15 is 0 Å². The molecule has 3 heteroatoms. The highest BCUT2D eigenvalue weighted by molar-refractivity contribution is 6.27. The van der Waals surface area contributed by atoms with Crippen LogP contribution in [0.25, 0.3) is 296 Å². The first-order valence-electron chi connectivity index (χ1n) is 50.5. The highest BCUT2D eigenvalue weighted by Crippen LogP contribution is 2.54. The van der Waals surface area contributed by atoms with E-state index in [-0.39, 0.29) is 0 Å². The van der Waals surface area contributed by atoms with Gasteiger partial charge in [-0.3, -0.25) is 0 Å². The second-order valence-electron chi connectivity index (χ2n) is 38.4. The zero-order valence-corrected chi connectivity index (χ0v) is 80.2. The predicted octanol–water partition coefficient (Wildman–Crippen LogP) is 41.1. The third-order valence-corrected chi connectivity index (χ3v) is 30.2. The lowest BCUT2D eigenvalue weighted by Gasteiger charge is -2.21. The molecule has 3 aromatic heterocycles. The number of rotatable bonds is 12. The van der Waals surface area contributed by atoms with Crippen molar-refractivity contribution in [2.24, 2.45) is 0 Å². The van der Waals surface area contributed by atoms with Gasteiger partial charge in [0.1, 0.15) is 33.5 Å². The molecule has 0 bridgehead atoms. The summed E-state index contributed by atoms with van der Waals surface area (Å²) >= 11 is 0. The van der Waals surface area contributed by atoms with E-state index in [0.717, 1.165) is 99.2 Å². The lowest BCUT2D eigenvalue weighted by atomic mass is 9.82. The van der Waals surface area contributed by atoms with E-state index in [1.807, 2.05) is 18.2 Å². The van der Waals surface area contributed by atoms with Crippen LogP contribution >= 0.6 is 0 Å². The summed E-state index contributed by atoms with van der Waals surface area (Å²) in [5, 5.41) is 29.2. The highest BCUT2D eigenvalue weighted by Gasteiger charge is 2.27. The Morgan fingerprint density at radius 1 is 0.0952 bits per heavy atom. The summed E-state index contributed by atoms with van der Waals surface area (Å²) in [6.07, 6.45) is 0. The summed E-state index contributed by atoms with van der Waals surface area (Å²) in [7, 11) is 0. The number of para-hydroxylation sites is 6. The molecule has 0 aliphatic rings. The number of hydrogen-bond donors (Lipinski definition) is 0. The standard InChI is InChI=1S/3C48H30O/c1-2-14-32(15-3-1)46-40-21-6-7-22-41(40)47(35-18-10-17-33(29-35)37-23-11-16-31-13-4-5-19-36(31)37)44-30-34(27-28-42(44)46)38-24-12-25-43-39-20-8-9-26-45(39)49-48(38)43;1-2-15-32(16-3-1)46-40-22-8-9-23-41(40)47(39-21-7-6-19-37(39)36-25-12-17-31-14-4-5-18-34(31)36)44-30-33(28-29-42(44)46)35-24-13-26-43-38-20-10-11-27-45(38)49-48(35)43;1-2-12-33(13-3-1)46-40-16-6-7-17-41(40)47(34-24-21-32(22-25-34)36-26-23-31-11-4-5-14-35(31)29-36)44-30-37(27-28-42(44)46)38-18-10-19-43-39-15-8-9-20-45(39)49-48(38)43/h3*1-30H. The van der Waals surface area contributed by atoms with E-state index < -0.39 is 0 Å². The lowest BCUT2D eigenvalue weighted by Crippen LogP contribution is -1.94. The van der Waals surface area contributed by atoms with E-state index in [2.05, 4.69) is 528 Å². The summed E-state index contributed by atoms with van der Waals surface area (Å²) in [6.45, 7) is 0. The molecule has 27 aromatic carbocycles. The third-order valence-electron chi connectivity index (χ3n) is 30.2. The number of fused-ring (bicyclic) bond motifs is 18. The largest absolute Gasteiger partial charge is 0.455 e. The van der Waals surface area contributed by atoms with E-state index in [0.29, 0.717) is 0 Å². The van der Waals surface area contributed by atoms with Gasteiger partial charge in [0.15, 0.2) is 0 Å². The predicted molar refractivity (Wildman–Crippen MR) is 624 cm³/mol. The minimum Gasteiger partial charge on any atom is -0.455 e. The smallest absolute Gasteiger partial charge is 0.143 e. The van der Waals surface area contributed by atoms with Crippen LogP contribution in [0.4, 0.5) is 0 Å². The molecule has 0 saturated heterocycles. The average molecular weight is 1870 g/mol. The van der Waals surface area contributed by atoms with Gasteiger partial charge in [0.25, 0.3) is 0 Å². The average Bonchev–Trinajstić information content (AvgIpc) is 1.73. The van der Waals surface area contributed by atoms with Crippen LogP contribution in [-0.4, -0.2) is 0 Å². The zero-order valence-electron chi connectivity index (χ0n) is 80.2. The maximum atomic E-state index is 6.55. The van der Waals surface area contributed by atoms with Gasteiger partial charge in [-0.2, -0.15) is 0 Å². The molecule has 30 aromatic rings. The van der Waals surface area contributed by atoms with E-state index in [1.165, 1.54) is 197 Å². The Kier molecular flexibility index (Phi) is 21.0. The van der Waals surface area contributed by atoms with Gasteiger partial charge in [-0.25, -0.2) is 0 Å². The number of benzene rings is 27. The van der Waals surface area contributed by atoms with Crippen LogP contribution in [-0.2, 0) is 0 Å². The minimum absolute atomic E-state index is 0.910. The first kappa shape index (κ1) is 85.6. The Morgan fingerprint density at radius 3 is 0.796 bits per heavy atom. The fourth-order valence-corrected chi connectivity index (χ4v) is 23.5. The van der Waals surface area contributed by atoms with E-state index in [4.69, 9.17) is 13.3 Å². The SMILES string of the molecule is c1ccc(-c2c3ccccc3c(-c3ccc(-c4ccc5ccccc5c4)cc3)c3cc(-c4cccc5c4oc4ccccc45)ccc23)cc1.c1ccc(-c2c3ccccc3c(-c3cccc(-c4cccc5ccccc45)c3)c3cc(-c4cccc5c4oc4ccccc45)ccc23)cc1.c1ccc(-c2c3ccccc3c(-c3ccccc3-c3cccc4ccccc34)c3cc(-c4cccc5c4oc4ccccc45)ccc23)cc1. The summed E-state index contributed by atoms with van der Waals surface area (Å²) in [5.74, 6) is 0. The minimum atomic E-state index is 0.910. The second kappa shape index (κ2) is 36.0. The van der Waals surface area contributed by atoms with Crippen molar-refractivity contribution in [3.8, 4) is 134 Å². The van der Waals surface area contributed by atoms with Crippen molar-refractivity contribution < 1.29 is 13.3 Å². The molecular formula is C144H90O3.